The Morgan fingerprint density at radius 2 is 2.16 bits per heavy atom. The normalized spacial score (nSPS) is 20.4. The molecule has 2 heterocycles. The molecule has 1 aliphatic carbocycles. The number of hydrogen-bond donors (Lipinski definition) is 2. The summed E-state index contributed by atoms with van der Waals surface area (Å²) in [5.74, 6) is 0.588. The molecule has 6 heteroatoms. The molecule has 25 heavy (non-hydrogen) atoms. The lowest BCUT2D eigenvalue weighted by atomic mass is 9.75. The van der Waals surface area contributed by atoms with Gasteiger partial charge in [-0.1, -0.05) is 13.0 Å². The number of carbonyl (C=O) groups is 1. The molecular formula is C19H23N3O3. The van der Waals surface area contributed by atoms with E-state index in [1.165, 1.54) is 0 Å². The van der Waals surface area contributed by atoms with E-state index in [9.17, 15) is 9.90 Å². The minimum Gasteiger partial charge on any atom is -0.481 e. The van der Waals surface area contributed by atoms with Gasteiger partial charge in [0.15, 0.2) is 0 Å². The van der Waals surface area contributed by atoms with Gasteiger partial charge in [0, 0.05) is 29.7 Å². The van der Waals surface area contributed by atoms with Gasteiger partial charge in [-0.05, 0) is 42.9 Å². The molecule has 0 aromatic carbocycles. The Morgan fingerprint density at radius 1 is 1.36 bits per heavy atom. The first-order valence-corrected chi connectivity index (χ1v) is 8.54. The van der Waals surface area contributed by atoms with Crippen molar-refractivity contribution in [2.45, 2.75) is 38.3 Å². The maximum Gasteiger partial charge on any atom is 0.251 e. The summed E-state index contributed by atoms with van der Waals surface area (Å²) >= 11 is 0. The van der Waals surface area contributed by atoms with Gasteiger partial charge in [0.1, 0.15) is 0 Å². The lowest BCUT2D eigenvalue weighted by Crippen LogP contribution is -2.41. The monoisotopic (exact) mass is 341 g/mol. The molecule has 2 N–H and O–H groups in total. The maximum absolute atomic E-state index is 12.7. The molecule has 2 aromatic heterocycles. The number of hydrogen-bond acceptors (Lipinski definition) is 5. The topological polar surface area (TPSA) is 84.3 Å². The summed E-state index contributed by atoms with van der Waals surface area (Å²) in [5.41, 5.74) is 2.39. The quantitative estimate of drug-likeness (QED) is 0.842. The molecule has 1 aliphatic rings. The van der Waals surface area contributed by atoms with E-state index in [4.69, 9.17) is 4.74 Å². The highest BCUT2D eigenvalue weighted by Crippen LogP contribution is 2.38. The van der Waals surface area contributed by atoms with Gasteiger partial charge in [-0.15, -0.1) is 0 Å². The fourth-order valence-corrected chi connectivity index (χ4v) is 3.11. The van der Waals surface area contributed by atoms with Gasteiger partial charge < -0.3 is 15.2 Å². The molecule has 2 aromatic rings. The Balaban J connectivity index is 1.80. The van der Waals surface area contributed by atoms with Gasteiger partial charge in [-0.3, -0.25) is 9.78 Å². The second-order valence-corrected chi connectivity index (χ2v) is 6.36. The second kappa shape index (κ2) is 7.61. The van der Waals surface area contributed by atoms with E-state index in [1.807, 2.05) is 19.1 Å². The third-order valence-electron chi connectivity index (χ3n) is 4.68. The van der Waals surface area contributed by atoms with Crippen LogP contribution in [0.5, 0.6) is 5.88 Å². The van der Waals surface area contributed by atoms with Crippen molar-refractivity contribution in [3.8, 4) is 5.88 Å². The number of pyridine rings is 2. The Labute approximate surface area is 147 Å². The summed E-state index contributed by atoms with van der Waals surface area (Å²) in [6, 6.07) is 7.03. The lowest BCUT2D eigenvalue weighted by molar-refractivity contribution is 0.0234. The number of aryl methyl sites for hydroxylation is 1. The van der Waals surface area contributed by atoms with Crippen molar-refractivity contribution in [2.75, 3.05) is 7.11 Å². The highest BCUT2D eigenvalue weighted by molar-refractivity contribution is 5.94. The summed E-state index contributed by atoms with van der Waals surface area (Å²) in [6.45, 7) is 2.01. The molecule has 1 atom stereocenters. The number of nitrogens with zero attached hydrogens (tertiary/aromatic N) is 2. The van der Waals surface area contributed by atoms with Crippen LogP contribution in [0.2, 0.25) is 0 Å². The Bertz CT molecular complexity index is 727. The molecule has 1 amide bonds. The first-order chi connectivity index (χ1) is 12.1. The third kappa shape index (κ3) is 3.96. The predicted octanol–water partition coefficient (Wildman–Crippen LogP) is 2.29. The molecule has 3 rings (SSSR count). The standard InChI is InChI=1S/C19H23N3O3/c1-3-15-8-12(6-7-20-15)19(24)22-18(14-9-16(23)10-14)13-4-5-17(25-2)21-11-13/h4-8,11,14,16,18,23H,3,9-10H2,1-2H3,(H,22,24)/t14?,16?,18-/m0/s1. The minimum absolute atomic E-state index is 0.140. The van der Waals surface area contributed by atoms with Gasteiger partial charge in [-0.2, -0.15) is 0 Å². The molecule has 0 bridgehead atoms. The van der Waals surface area contributed by atoms with Crippen LogP contribution >= 0.6 is 0 Å². The van der Waals surface area contributed by atoms with Crippen LogP contribution in [0.1, 0.15) is 47.4 Å². The number of aliphatic hydroxyl groups is 1. The highest BCUT2D eigenvalue weighted by atomic mass is 16.5. The lowest BCUT2D eigenvalue weighted by Gasteiger charge is -2.38. The van der Waals surface area contributed by atoms with Crippen LogP contribution in [0.15, 0.2) is 36.7 Å². The molecule has 132 valence electrons. The van der Waals surface area contributed by atoms with Crippen LogP contribution in [0, 0.1) is 5.92 Å². The Kier molecular flexibility index (Phi) is 5.28. The van der Waals surface area contributed by atoms with Gasteiger partial charge in [0.25, 0.3) is 5.91 Å². The average Bonchev–Trinajstić information content (AvgIpc) is 2.64. The zero-order valence-corrected chi connectivity index (χ0v) is 14.5. The predicted molar refractivity (Wildman–Crippen MR) is 93.3 cm³/mol. The zero-order valence-electron chi connectivity index (χ0n) is 14.5. The third-order valence-corrected chi connectivity index (χ3v) is 4.68. The van der Waals surface area contributed by atoms with Crippen LogP contribution in [-0.4, -0.2) is 34.2 Å². The number of carbonyl (C=O) groups excluding carboxylic acids is 1. The number of aromatic nitrogens is 2. The zero-order chi connectivity index (χ0) is 17.8. The smallest absolute Gasteiger partial charge is 0.251 e. The number of aliphatic hydroxyl groups excluding tert-OH is 1. The molecule has 0 saturated heterocycles. The van der Waals surface area contributed by atoms with Crippen LogP contribution in [0.25, 0.3) is 0 Å². The number of nitrogens with one attached hydrogen (secondary N) is 1. The van der Waals surface area contributed by atoms with Crippen molar-refractivity contribution < 1.29 is 14.6 Å². The van der Waals surface area contributed by atoms with Crippen molar-refractivity contribution in [1.29, 1.82) is 0 Å². The average molecular weight is 341 g/mol. The summed E-state index contributed by atoms with van der Waals surface area (Å²) in [7, 11) is 1.57. The first-order valence-electron chi connectivity index (χ1n) is 8.54. The van der Waals surface area contributed by atoms with Gasteiger partial charge in [0.05, 0.1) is 19.3 Å². The van der Waals surface area contributed by atoms with Gasteiger partial charge in [0.2, 0.25) is 5.88 Å². The van der Waals surface area contributed by atoms with Crippen molar-refractivity contribution in [1.82, 2.24) is 15.3 Å². The number of amides is 1. The van der Waals surface area contributed by atoms with Gasteiger partial charge >= 0.3 is 0 Å². The second-order valence-electron chi connectivity index (χ2n) is 6.36. The van der Waals surface area contributed by atoms with E-state index in [0.717, 1.165) is 17.7 Å². The molecule has 1 fully saturated rings. The number of ether oxygens (including phenoxy) is 1. The van der Waals surface area contributed by atoms with Crippen LogP contribution in [0.3, 0.4) is 0 Å². The summed E-state index contributed by atoms with van der Waals surface area (Å²) in [6.07, 6.45) is 5.22. The van der Waals surface area contributed by atoms with E-state index in [1.54, 1.807) is 31.6 Å². The van der Waals surface area contributed by atoms with Crippen molar-refractivity contribution in [3.05, 3.63) is 53.5 Å². The fraction of sp³-hybridized carbons (Fsp3) is 0.421. The molecular weight excluding hydrogens is 318 g/mol. The van der Waals surface area contributed by atoms with E-state index < -0.39 is 0 Å². The highest BCUT2D eigenvalue weighted by Gasteiger charge is 2.36. The largest absolute Gasteiger partial charge is 0.481 e. The van der Waals surface area contributed by atoms with Crippen molar-refractivity contribution >= 4 is 5.91 Å². The summed E-state index contributed by atoms with van der Waals surface area (Å²) in [5, 5.41) is 12.8. The molecule has 0 radical (unpaired) electrons. The van der Waals surface area contributed by atoms with Gasteiger partial charge in [-0.25, -0.2) is 4.98 Å². The van der Waals surface area contributed by atoms with Crippen LogP contribution in [0.4, 0.5) is 0 Å². The molecule has 0 aliphatic heterocycles. The number of rotatable bonds is 6. The summed E-state index contributed by atoms with van der Waals surface area (Å²) in [4.78, 5) is 21.2. The van der Waals surface area contributed by atoms with Crippen molar-refractivity contribution in [3.63, 3.8) is 0 Å². The number of methoxy groups -OCH3 is 1. The van der Waals surface area contributed by atoms with E-state index in [0.29, 0.717) is 24.3 Å². The molecule has 0 spiro atoms. The summed E-state index contributed by atoms with van der Waals surface area (Å²) < 4.78 is 5.10. The molecule has 6 nitrogen and oxygen atoms in total. The van der Waals surface area contributed by atoms with Crippen LogP contribution < -0.4 is 10.1 Å². The fourth-order valence-electron chi connectivity index (χ4n) is 3.11. The van der Waals surface area contributed by atoms with Crippen LogP contribution in [-0.2, 0) is 6.42 Å². The van der Waals surface area contributed by atoms with E-state index in [-0.39, 0.29) is 24.0 Å². The first kappa shape index (κ1) is 17.4. The molecule has 1 saturated carbocycles. The van der Waals surface area contributed by atoms with E-state index >= 15 is 0 Å². The molecule has 0 unspecified atom stereocenters. The Morgan fingerprint density at radius 3 is 2.76 bits per heavy atom. The minimum atomic E-state index is -0.289. The van der Waals surface area contributed by atoms with E-state index in [2.05, 4.69) is 15.3 Å². The van der Waals surface area contributed by atoms with Crippen molar-refractivity contribution in [2.24, 2.45) is 5.92 Å². The SMILES string of the molecule is CCc1cc(C(=O)N[C@@H](c2ccc(OC)nc2)C2CC(O)C2)ccn1. The Hall–Kier alpha value is -2.47. The maximum atomic E-state index is 12.7.